The Bertz CT molecular complexity index is 515. The van der Waals surface area contributed by atoms with Gasteiger partial charge in [-0.15, -0.1) is 0 Å². The topological polar surface area (TPSA) is 42.9 Å². The third-order valence-electron chi connectivity index (χ3n) is 4.92. The number of benzene rings is 1. The van der Waals surface area contributed by atoms with Crippen molar-refractivity contribution >= 4 is 11.6 Å². The lowest BCUT2D eigenvalue weighted by Gasteiger charge is -2.21. The zero-order chi connectivity index (χ0) is 16.1. The van der Waals surface area contributed by atoms with Gasteiger partial charge in [0.05, 0.1) is 0 Å². The fraction of sp³-hybridized carbons (Fsp3) is 0.611. The number of rotatable bonds is 4. The van der Waals surface area contributed by atoms with Crippen molar-refractivity contribution in [3.8, 4) is 0 Å². The molecule has 5 nitrogen and oxygen atoms in total. The van der Waals surface area contributed by atoms with E-state index >= 15 is 0 Å². The average Bonchev–Trinajstić information content (AvgIpc) is 3.21. The van der Waals surface area contributed by atoms with E-state index < -0.39 is 0 Å². The second kappa shape index (κ2) is 7.68. The van der Waals surface area contributed by atoms with Crippen molar-refractivity contribution in [2.24, 2.45) is 10.9 Å². The van der Waals surface area contributed by atoms with Gasteiger partial charge in [-0.25, -0.2) is 0 Å². The minimum atomic E-state index is 0.465. The molecule has 2 aliphatic heterocycles. The molecule has 23 heavy (non-hydrogen) atoms. The summed E-state index contributed by atoms with van der Waals surface area (Å²) >= 11 is 0. The Balaban J connectivity index is 1.45. The van der Waals surface area contributed by atoms with E-state index in [1.807, 2.05) is 7.05 Å². The minimum absolute atomic E-state index is 0.465. The Hall–Kier alpha value is -1.75. The summed E-state index contributed by atoms with van der Waals surface area (Å²) < 4.78 is 0. The van der Waals surface area contributed by atoms with E-state index in [4.69, 9.17) is 0 Å². The molecule has 3 rings (SSSR count). The van der Waals surface area contributed by atoms with Gasteiger partial charge in [0.15, 0.2) is 5.96 Å². The molecule has 2 aliphatic rings. The van der Waals surface area contributed by atoms with Gasteiger partial charge in [-0.1, -0.05) is 18.2 Å². The largest absolute Gasteiger partial charge is 0.369 e. The predicted molar refractivity (Wildman–Crippen MR) is 97.2 cm³/mol. The van der Waals surface area contributed by atoms with Crippen LogP contribution in [0.3, 0.4) is 0 Å². The second-order valence-corrected chi connectivity index (χ2v) is 6.78. The number of nitrogens with zero attached hydrogens (tertiary/aromatic N) is 3. The average molecular weight is 315 g/mol. The molecule has 0 bridgehead atoms. The maximum absolute atomic E-state index is 4.39. The molecule has 1 aromatic carbocycles. The van der Waals surface area contributed by atoms with Crippen LogP contribution in [0.2, 0.25) is 0 Å². The smallest absolute Gasteiger partial charge is 0.191 e. The molecule has 2 heterocycles. The zero-order valence-electron chi connectivity index (χ0n) is 14.3. The number of para-hydroxylation sites is 1. The highest BCUT2D eigenvalue weighted by atomic mass is 15.2. The molecular formula is C18H29N5. The van der Waals surface area contributed by atoms with E-state index in [1.165, 1.54) is 25.2 Å². The van der Waals surface area contributed by atoms with Gasteiger partial charge in [-0.2, -0.15) is 0 Å². The first-order valence-corrected chi connectivity index (χ1v) is 8.70. The Kier molecular flexibility index (Phi) is 5.39. The standard InChI is InChI=1S/C18H29N5/c1-19-18(20-12-15-8-10-22(2)13-15)21-16-9-11-23(14-16)17-6-4-3-5-7-17/h3-7,15-16H,8-14H2,1-2H3,(H2,19,20,21). The van der Waals surface area contributed by atoms with Crippen molar-refractivity contribution in [2.45, 2.75) is 18.9 Å². The van der Waals surface area contributed by atoms with E-state index in [0.717, 1.165) is 37.9 Å². The molecule has 5 heteroatoms. The molecule has 0 amide bonds. The Labute approximate surface area is 139 Å². The van der Waals surface area contributed by atoms with Crippen LogP contribution in [0.25, 0.3) is 0 Å². The summed E-state index contributed by atoms with van der Waals surface area (Å²) in [7, 11) is 4.06. The lowest BCUT2D eigenvalue weighted by Crippen LogP contribution is -2.46. The number of anilines is 1. The molecule has 2 unspecified atom stereocenters. The van der Waals surface area contributed by atoms with Crippen LogP contribution in [-0.2, 0) is 0 Å². The summed E-state index contributed by atoms with van der Waals surface area (Å²) in [6.07, 6.45) is 2.44. The van der Waals surface area contributed by atoms with Crippen molar-refractivity contribution in [2.75, 3.05) is 51.7 Å². The predicted octanol–water partition coefficient (Wildman–Crippen LogP) is 1.38. The van der Waals surface area contributed by atoms with Gasteiger partial charge in [-0.05, 0) is 44.5 Å². The first-order valence-electron chi connectivity index (χ1n) is 8.70. The van der Waals surface area contributed by atoms with Crippen LogP contribution in [0.5, 0.6) is 0 Å². The van der Waals surface area contributed by atoms with Crippen LogP contribution in [0.1, 0.15) is 12.8 Å². The van der Waals surface area contributed by atoms with E-state index in [1.54, 1.807) is 0 Å². The summed E-state index contributed by atoms with van der Waals surface area (Å²) in [5.41, 5.74) is 1.31. The fourth-order valence-electron chi connectivity index (χ4n) is 3.57. The van der Waals surface area contributed by atoms with Crippen LogP contribution < -0.4 is 15.5 Å². The molecule has 2 saturated heterocycles. The quantitative estimate of drug-likeness (QED) is 0.651. The van der Waals surface area contributed by atoms with Crippen LogP contribution in [0, 0.1) is 5.92 Å². The van der Waals surface area contributed by atoms with Crippen molar-refractivity contribution in [1.29, 1.82) is 0 Å². The summed E-state index contributed by atoms with van der Waals surface area (Å²) in [6.45, 7) is 5.56. The van der Waals surface area contributed by atoms with Crippen LogP contribution in [0.15, 0.2) is 35.3 Å². The van der Waals surface area contributed by atoms with Crippen molar-refractivity contribution in [3.05, 3.63) is 30.3 Å². The van der Waals surface area contributed by atoms with Gasteiger partial charge < -0.3 is 20.4 Å². The number of likely N-dealkylation sites (tertiary alicyclic amines) is 1. The third-order valence-corrected chi connectivity index (χ3v) is 4.92. The molecule has 0 aromatic heterocycles. The summed E-state index contributed by atoms with van der Waals surface area (Å²) in [6, 6.07) is 11.1. The second-order valence-electron chi connectivity index (χ2n) is 6.78. The van der Waals surface area contributed by atoms with Gasteiger partial charge in [0.1, 0.15) is 0 Å². The molecule has 2 N–H and O–H groups in total. The Morgan fingerprint density at radius 2 is 2.00 bits per heavy atom. The van der Waals surface area contributed by atoms with Crippen molar-refractivity contribution < 1.29 is 0 Å². The number of guanidine groups is 1. The van der Waals surface area contributed by atoms with Crippen LogP contribution in [-0.4, -0.2) is 63.7 Å². The first-order chi connectivity index (χ1) is 11.2. The lowest BCUT2D eigenvalue weighted by atomic mass is 10.1. The Morgan fingerprint density at radius 1 is 1.17 bits per heavy atom. The summed E-state index contributed by atoms with van der Waals surface area (Å²) in [5.74, 6) is 1.68. The van der Waals surface area contributed by atoms with Crippen LogP contribution >= 0.6 is 0 Å². The molecule has 126 valence electrons. The third kappa shape index (κ3) is 4.38. The number of aliphatic imine (C=N–C) groups is 1. The minimum Gasteiger partial charge on any atom is -0.369 e. The molecule has 0 saturated carbocycles. The molecule has 1 aromatic rings. The highest BCUT2D eigenvalue weighted by molar-refractivity contribution is 5.80. The fourth-order valence-corrected chi connectivity index (χ4v) is 3.57. The number of nitrogens with one attached hydrogen (secondary N) is 2. The van der Waals surface area contributed by atoms with E-state index in [9.17, 15) is 0 Å². The summed E-state index contributed by atoms with van der Waals surface area (Å²) in [5, 5.41) is 7.09. The molecule has 2 fully saturated rings. The lowest BCUT2D eigenvalue weighted by molar-refractivity contribution is 0.393. The van der Waals surface area contributed by atoms with Crippen LogP contribution in [0.4, 0.5) is 5.69 Å². The van der Waals surface area contributed by atoms with Gasteiger partial charge in [0, 0.05) is 45.0 Å². The van der Waals surface area contributed by atoms with E-state index in [0.29, 0.717) is 6.04 Å². The number of hydrogen-bond donors (Lipinski definition) is 2. The molecule has 0 aliphatic carbocycles. The Morgan fingerprint density at radius 3 is 2.70 bits per heavy atom. The van der Waals surface area contributed by atoms with Gasteiger partial charge in [0.25, 0.3) is 0 Å². The highest BCUT2D eigenvalue weighted by Crippen LogP contribution is 2.19. The van der Waals surface area contributed by atoms with Gasteiger partial charge in [0.2, 0.25) is 0 Å². The van der Waals surface area contributed by atoms with E-state index in [2.05, 4.69) is 62.8 Å². The van der Waals surface area contributed by atoms with Gasteiger partial charge >= 0.3 is 0 Å². The first kappa shape index (κ1) is 16.1. The molecular weight excluding hydrogens is 286 g/mol. The van der Waals surface area contributed by atoms with E-state index in [-0.39, 0.29) is 0 Å². The normalized spacial score (nSPS) is 25.8. The molecule has 0 radical (unpaired) electrons. The maximum atomic E-state index is 4.39. The van der Waals surface area contributed by atoms with Crippen molar-refractivity contribution in [3.63, 3.8) is 0 Å². The zero-order valence-corrected chi connectivity index (χ0v) is 14.3. The molecule has 0 spiro atoms. The highest BCUT2D eigenvalue weighted by Gasteiger charge is 2.24. The summed E-state index contributed by atoms with van der Waals surface area (Å²) in [4.78, 5) is 9.23. The maximum Gasteiger partial charge on any atom is 0.191 e. The SMILES string of the molecule is CN=C(NCC1CCN(C)C1)NC1CCN(c2ccccc2)C1. The van der Waals surface area contributed by atoms with Gasteiger partial charge in [-0.3, -0.25) is 4.99 Å². The number of hydrogen-bond acceptors (Lipinski definition) is 3. The van der Waals surface area contributed by atoms with Crippen molar-refractivity contribution in [1.82, 2.24) is 15.5 Å². The monoisotopic (exact) mass is 315 g/mol. The molecule has 2 atom stereocenters.